The summed E-state index contributed by atoms with van der Waals surface area (Å²) in [7, 11) is -2.70. The van der Waals surface area contributed by atoms with Gasteiger partial charge in [0.25, 0.3) is 0 Å². The van der Waals surface area contributed by atoms with E-state index in [9.17, 15) is 4.79 Å². The van der Waals surface area contributed by atoms with E-state index in [0.717, 1.165) is 15.9 Å². The molecule has 3 rings (SSSR count). The van der Waals surface area contributed by atoms with E-state index in [1.807, 2.05) is 67.2 Å². The summed E-state index contributed by atoms with van der Waals surface area (Å²) in [5.74, 6) is 0.00814. The molecule has 0 unspecified atom stereocenters. The SMILES string of the molecule is CC(=O)c1ccc(C=C(F)[Si](C)(c2ccccc2)c2ccccc2)cc1. The lowest BCUT2D eigenvalue weighted by Gasteiger charge is -2.27. The standard InChI is InChI=1S/C23H21FOSi/c1-18(25)20-15-13-19(14-16-20)17-23(24)26(2,21-9-5-3-6-10-21)22-11-7-4-8-12-22/h3-17H,1-2H3. The second-order valence-electron chi connectivity index (χ2n) is 6.53. The zero-order valence-electron chi connectivity index (χ0n) is 14.9. The molecule has 0 atom stereocenters. The highest BCUT2D eigenvalue weighted by molar-refractivity contribution is 7.06. The van der Waals surface area contributed by atoms with Crippen LogP contribution in [0, 0.1) is 0 Å². The number of hydrogen-bond donors (Lipinski definition) is 0. The molecule has 0 spiro atoms. The van der Waals surface area contributed by atoms with Gasteiger partial charge in [0.15, 0.2) is 13.9 Å². The molecule has 0 aliphatic carbocycles. The van der Waals surface area contributed by atoms with Gasteiger partial charge in [0, 0.05) is 5.56 Å². The highest BCUT2D eigenvalue weighted by Gasteiger charge is 2.37. The summed E-state index contributed by atoms with van der Waals surface area (Å²) in [5, 5.41) is 2.06. The topological polar surface area (TPSA) is 17.1 Å². The van der Waals surface area contributed by atoms with Gasteiger partial charge in [0.05, 0.1) is 5.45 Å². The maximum Gasteiger partial charge on any atom is 0.181 e. The predicted octanol–water partition coefficient (Wildman–Crippen LogP) is 4.63. The Hall–Kier alpha value is -2.78. The Morgan fingerprint density at radius 3 is 1.69 bits per heavy atom. The third kappa shape index (κ3) is 3.58. The minimum Gasteiger partial charge on any atom is -0.295 e. The van der Waals surface area contributed by atoms with E-state index in [1.54, 1.807) is 30.3 Å². The van der Waals surface area contributed by atoms with E-state index in [0.29, 0.717) is 5.56 Å². The molecule has 0 aliphatic heterocycles. The summed E-state index contributed by atoms with van der Waals surface area (Å²) in [6.45, 7) is 3.56. The molecule has 0 radical (unpaired) electrons. The molecular formula is C23H21FOSi. The summed E-state index contributed by atoms with van der Waals surface area (Å²) in [4.78, 5) is 11.4. The van der Waals surface area contributed by atoms with Crippen molar-refractivity contribution in [3.63, 3.8) is 0 Å². The third-order valence-corrected chi connectivity index (χ3v) is 8.87. The number of carbonyl (C=O) groups is 1. The van der Waals surface area contributed by atoms with Crippen LogP contribution in [0.2, 0.25) is 6.55 Å². The van der Waals surface area contributed by atoms with E-state index in [1.165, 1.54) is 6.92 Å². The molecule has 3 heteroatoms. The van der Waals surface area contributed by atoms with Gasteiger partial charge in [-0.3, -0.25) is 4.79 Å². The minimum absolute atomic E-state index is 0.00814. The van der Waals surface area contributed by atoms with Gasteiger partial charge in [-0.1, -0.05) is 91.5 Å². The predicted molar refractivity (Wildman–Crippen MR) is 109 cm³/mol. The van der Waals surface area contributed by atoms with E-state index in [2.05, 4.69) is 0 Å². The molecule has 3 aromatic rings. The number of rotatable bonds is 5. The van der Waals surface area contributed by atoms with Gasteiger partial charge < -0.3 is 0 Å². The molecular weight excluding hydrogens is 339 g/mol. The van der Waals surface area contributed by atoms with Crippen LogP contribution in [-0.4, -0.2) is 13.9 Å². The highest BCUT2D eigenvalue weighted by Crippen LogP contribution is 2.21. The second-order valence-corrected chi connectivity index (χ2v) is 10.4. The van der Waals surface area contributed by atoms with Crippen LogP contribution in [0.15, 0.2) is 90.4 Å². The largest absolute Gasteiger partial charge is 0.295 e. The van der Waals surface area contributed by atoms with Crippen LogP contribution in [0.25, 0.3) is 6.08 Å². The Balaban J connectivity index is 2.08. The number of benzene rings is 3. The number of Topliss-reactive ketones (excluding diaryl/α,β-unsaturated/α-hetero) is 1. The van der Waals surface area contributed by atoms with Gasteiger partial charge in [-0.15, -0.1) is 0 Å². The second kappa shape index (κ2) is 7.62. The molecule has 26 heavy (non-hydrogen) atoms. The smallest absolute Gasteiger partial charge is 0.181 e. The molecule has 0 aromatic heterocycles. The van der Waals surface area contributed by atoms with Gasteiger partial charge in [0.2, 0.25) is 0 Å². The van der Waals surface area contributed by atoms with Crippen LogP contribution < -0.4 is 10.4 Å². The van der Waals surface area contributed by atoms with E-state index < -0.39 is 8.07 Å². The Kier molecular flexibility index (Phi) is 5.28. The van der Waals surface area contributed by atoms with Gasteiger partial charge in [-0.05, 0) is 28.9 Å². The minimum atomic E-state index is -2.70. The van der Waals surface area contributed by atoms with Crippen molar-refractivity contribution in [1.29, 1.82) is 0 Å². The monoisotopic (exact) mass is 360 g/mol. The molecule has 0 saturated carbocycles. The van der Waals surface area contributed by atoms with Crippen molar-refractivity contribution < 1.29 is 9.18 Å². The molecule has 3 aromatic carbocycles. The first-order valence-electron chi connectivity index (χ1n) is 8.61. The van der Waals surface area contributed by atoms with Gasteiger partial charge >= 0.3 is 0 Å². The molecule has 0 amide bonds. The first kappa shape index (κ1) is 18.0. The Morgan fingerprint density at radius 2 is 1.27 bits per heavy atom. The Labute approximate surface area is 154 Å². The van der Waals surface area contributed by atoms with Crippen molar-refractivity contribution in [3.05, 3.63) is 102 Å². The highest BCUT2D eigenvalue weighted by atomic mass is 28.3. The van der Waals surface area contributed by atoms with Gasteiger partial charge in [-0.25, -0.2) is 4.39 Å². The summed E-state index contributed by atoms with van der Waals surface area (Å²) in [6, 6.07) is 26.8. The molecule has 0 bridgehead atoms. The molecule has 130 valence electrons. The quantitative estimate of drug-likeness (QED) is 0.479. The number of ketones is 1. The number of halogens is 1. The van der Waals surface area contributed by atoms with Gasteiger partial charge in [0.1, 0.15) is 0 Å². The normalized spacial score (nSPS) is 12.0. The Bertz CT molecular complexity index is 876. The number of carbonyl (C=O) groups excluding carboxylic acids is 1. The maximum atomic E-state index is 15.6. The van der Waals surface area contributed by atoms with E-state index >= 15 is 4.39 Å². The summed E-state index contributed by atoms with van der Waals surface area (Å²) in [6.07, 6.45) is 1.61. The lowest BCUT2D eigenvalue weighted by atomic mass is 10.1. The first-order chi connectivity index (χ1) is 12.5. The Morgan fingerprint density at radius 1 is 0.808 bits per heavy atom. The molecule has 0 fully saturated rings. The van der Waals surface area contributed by atoms with Crippen LogP contribution in [-0.2, 0) is 0 Å². The zero-order chi connectivity index (χ0) is 18.6. The molecule has 0 N–H and O–H groups in total. The van der Waals surface area contributed by atoms with E-state index in [4.69, 9.17) is 0 Å². The molecule has 0 heterocycles. The summed E-state index contributed by atoms with van der Waals surface area (Å²) >= 11 is 0. The fourth-order valence-electron chi connectivity index (χ4n) is 3.09. The van der Waals surface area contributed by atoms with Gasteiger partial charge in [-0.2, -0.15) is 0 Å². The number of hydrogen-bond acceptors (Lipinski definition) is 1. The van der Waals surface area contributed by atoms with Crippen LogP contribution in [0.5, 0.6) is 0 Å². The molecule has 0 saturated heterocycles. The van der Waals surface area contributed by atoms with Crippen molar-refractivity contribution in [2.24, 2.45) is 0 Å². The van der Waals surface area contributed by atoms with Crippen LogP contribution >= 0.6 is 0 Å². The van der Waals surface area contributed by atoms with Crippen molar-refractivity contribution in [2.75, 3.05) is 0 Å². The van der Waals surface area contributed by atoms with Crippen LogP contribution in [0.3, 0.4) is 0 Å². The van der Waals surface area contributed by atoms with Crippen LogP contribution in [0.4, 0.5) is 4.39 Å². The summed E-state index contributed by atoms with van der Waals surface area (Å²) in [5.41, 5.74) is 1.29. The van der Waals surface area contributed by atoms with Crippen molar-refractivity contribution >= 4 is 30.3 Å². The zero-order valence-corrected chi connectivity index (χ0v) is 15.9. The summed E-state index contributed by atoms with van der Waals surface area (Å²) < 4.78 is 15.6. The fraction of sp³-hybridized carbons (Fsp3) is 0.0870. The van der Waals surface area contributed by atoms with Crippen molar-refractivity contribution in [2.45, 2.75) is 13.5 Å². The fourth-order valence-corrected chi connectivity index (χ4v) is 6.15. The lowest BCUT2D eigenvalue weighted by Crippen LogP contribution is -2.56. The lowest BCUT2D eigenvalue weighted by molar-refractivity contribution is 0.101. The average molecular weight is 361 g/mol. The molecule has 0 aliphatic rings. The maximum absolute atomic E-state index is 15.6. The average Bonchev–Trinajstić information content (AvgIpc) is 2.69. The molecule has 1 nitrogen and oxygen atoms in total. The first-order valence-corrected chi connectivity index (χ1v) is 11.1. The van der Waals surface area contributed by atoms with Crippen LogP contribution in [0.1, 0.15) is 22.8 Å². The third-order valence-electron chi connectivity index (χ3n) is 4.79. The van der Waals surface area contributed by atoms with Crippen molar-refractivity contribution in [1.82, 2.24) is 0 Å². The van der Waals surface area contributed by atoms with E-state index in [-0.39, 0.29) is 11.2 Å². The van der Waals surface area contributed by atoms with Crippen molar-refractivity contribution in [3.8, 4) is 0 Å².